The second kappa shape index (κ2) is 6.93. The van der Waals surface area contributed by atoms with Gasteiger partial charge in [0.1, 0.15) is 5.75 Å². The quantitative estimate of drug-likeness (QED) is 0.900. The smallest absolute Gasteiger partial charge is 0.406 e. The number of hydrogen-bond acceptors (Lipinski definition) is 3. The van der Waals surface area contributed by atoms with Gasteiger partial charge in [0.15, 0.2) is 0 Å². The van der Waals surface area contributed by atoms with Crippen molar-refractivity contribution in [3.05, 3.63) is 29.8 Å². The lowest BCUT2D eigenvalue weighted by Crippen LogP contribution is -2.43. The Morgan fingerprint density at radius 1 is 1.32 bits per heavy atom. The maximum absolute atomic E-state index is 12.2. The Kier molecular flexibility index (Phi) is 5.29. The fourth-order valence-electron chi connectivity index (χ4n) is 2.72. The van der Waals surface area contributed by atoms with Gasteiger partial charge < -0.3 is 15.0 Å². The standard InChI is InChI=1S/C17H21F3N2O3/c1-16(2,3)22-10-12(8-14(22)23)15(24)21-9-11-5-4-6-13(7-11)25-17(18,19)20/h4-7,12H,8-10H2,1-3H3,(H,21,24)/t12-/m0/s1. The monoisotopic (exact) mass is 358 g/mol. The average molecular weight is 358 g/mol. The van der Waals surface area contributed by atoms with Gasteiger partial charge in [0.25, 0.3) is 0 Å². The highest BCUT2D eigenvalue weighted by molar-refractivity contribution is 5.89. The van der Waals surface area contributed by atoms with Crippen LogP contribution in [0.1, 0.15) is 32.8 Å². The summed E-state index contributed by atoms with van der Waals surface area (Å²) in [4.78, 5) is 25.9. The molecule has 0 bridgehead atoms. The Morgan fingerprint density at radius 3 is 2.56 bits per heavy atom. The summed E-state index contributed by atoms with van der Waals surface area (Å²) in [7, 11) is 0. The third-order valence-corrected chi connectivity index (χ3v) is 3.90. The van der Waals surface area contributed by atoms with E-state index in [2.05, 4.69) is 10.1 Å². The zero-order chi connectivity index (χ0) is 18.8. The number of hydrogen-bond donors (Lipinski definition) is 1. The molecule has 1 aliphatic rings. The van der Waals surface area contributed by atoms with Crippen LogP contribution in [0, 0.1) is 5.92 Å². The molecule has 1 atom stereocenters. The van der Waals surface area contributed by atoms with Crippen molar-refractivity contribution in [3.63, 3.8) is 0 Å². The van der Waals surface area contributed by atoms with Gasteiger partial charge >= 0.3 is 6.36 Å². The van der Waals surface area contributed by atoms with Crippen LogP contribution < -0.4 is 10.1 Å². The molecule has 0 aliphatic carbocycles. The van der Waals surface area contributed by atoms with Crippen LogP contribution in [0.15, 0.2) is 24.3 Å². The lowest BCUT2D eigenvalue weighted by molar-refractivity contribution is -0.274. The summed E-state index contributed by atoms with van der Waals surface area (Å²) in [5.41, 5.74) is 0.127. The Bertz CT molecular complexity index is 653. The molecular formula is C17H21F3N2O3. The van der Waals surface area contributed by atoms with Crippen molar-refractivity contribution in [1.82, 2.24) is 10.2 Å². The molecule has 8 heteroatoms. The number of alkyl halides is 3. The van der Waals surface area contributed by atoms with E-state index in [9.17, 15) is 22.8 Å². The average Bonchev–Trinajstić information content (AvgIpc) is 2.85. The number of carbonyl (C=O) groups excluding carboxylic acids is 2. The summed E-state index contributed by atoms with van der Waals surface area (Å²) in [5, 5.41) is 2.67. The number of rotatable bonds is 4. The van der Waals surface area contributed by atoms with E-state index in [0.29, 0.717) is 12.1 Å². The molecular weight excluding hydrogens is 337 g/mol. The minimum atomic E-state index is -4.76. The van der Waals surface area contributed by atoms with Crippen LogP contribution in [-0.4, -0.2) is 35.2 Å². The van der Waals surface area contributed by atoms with Gasteiger partial charge in [-0.15, -0.1) is 13.2 Å². The van der Waals surface area contributed by atoms with Crippen LogP contribution in [0.3, 0.4) is 0 Å². The Labute approximate surface area is 144 Å². The molecule has 1 fully saturated rings. The van der Waals surface area contributed by atoms with Crippen molar-refractivity contribution in [1.29, 1.82) is 0 Å². The number of likely N-dealkylation sites (tertiary alicyclic amines) is 1. The van der Waals surface area contributed by atoms with Crippen LogP contribution in [0.5, 0.6) is 5.75 Å². The second-order valence-electron chi connectivity index (χ2n) is 6.99. The fraction of sp³-hybridized carbons (Fsp3) is 0.529. The van der Waals surface area contributed by atoms with Crippen molar-refractivity contribution < 1.29 is 27.5 Å². The van der Waals surface area contributed by atoms with E-state index in [1.165, 1.54) is 18.2 Å². The van der Waals surface area contributed by atoms with Gasteiger partial charge in [-0.05, 0) is 38.5 Å². The summed E-state index contributed by atoms with van der Waals surface area (Å²) in [5.74, 6) is -1.16. The molecule has 0 aromatic heterocycles. The van der Waals surface area contributed by atoms with Crippen molar-refractivity contribution in [2.24, 2.45) is 5.92 Å². The molecule has 0 saturated carbocycles. The SMILES string of the molecule is CC(C)(C)N1C[C@@H](C(=O)NCc2cccc(OC(F)(F)F)c2)CC1=O. The maximum Gasteiger partial charge on any atom is 0.573 e. The first-order valence-corrected chi connectivity index (χ1v) is 7.88. The predicted molar refractivity (Wildman–Crippen MR) is 84.5 cm³/mol. The largest absolute Gasteiger partial charge is 0.573 e. The summed E-state index contributed by atoms with van der Waals surface area (Å²) in [6, 6.07) is 5.42. The van der Waals surface area contributed by atoms with E-state index in [-0.39, 0.29) is 36.1 Å². The van der Waals surface area contributed by atoms with E-state index in [1.54, 1.807) is 11.0 Å². The first kappa shape index (κ1) is 19.1. The Hall–Kier alpha value is -2.25. The van der Waals surface area contributed by atoms with Gasteiger partial charge in [0.05, 0.1) is 5.92 Å². The molecule has 25 heavy (non-hydrogen) atoms. The van der Waals surface area contributed by atoms with Crippen molar-refractivity contribution in [2.75, 3.05) is 6.54 Å². The molecule has 1 saturated heterocycles. The van der Waals surface area contributed by atoms with E-state index < -0.39 is 12.3 Å². The van der Waals surface area contributed by atoms with Crippen molar-refractivity contribution in [3.8, 4) is 5.75 Å². The summed E-state index contributed by atoms with van der Waals surface area (Å²) in [6.07, 6.45) is -4.62. The highest BCUT2D eigenvalue weighted by Gasteiger charge is 2.39. The first-order valence-electron chi connectivity index (χ1n) is 7.88. The first-order chi connectivity index (χ1) is 11.5. The molecule has 1 heterocycles. The van der Waals surface area contributed by atoms with Crippen molar-refractivity contribution >= 4 is 11.8 Å². The van der Waals surface area contributed by atoms with Crippen LogP contribution in [0.4, 0.5) is 13.2 Å². The van der Waals surface area contributed by atoms with Gasteiger partial charge in [-0.2, -0.15) is 0 Å². The number of benzene rings is 1. The lowest BCUT2D eigenvalue weighted by atomic mass is 10.1. The Morgan fingerprint density at radius 2 is 2.00 bits per heavy atom. The third kappa shape index (κ3) is 5.37. The number of nitrogens with zero attached hydrogens (tertiary/aromatic N) is 1. The summed E-state index contributed by atoms with van der Waals surface area (Å²) < 4.78 is 40.5. The number of halogens is 3. The lowest BCUT2D eigenvalue weighted by Gasteiger charge is -2.31. The van der Waals surface area contributed by atoms with E-state index in [4.69, 9.17) is 0 Å². The number of amides is 2. The molecule has 1 N–H and O–H groups in total. The second-order valence-corrected chi connectivity index (χ2v) is 6.99. The Balaban J connectivity index is 1.93. The fourth-order valence-corrected chi connectivity index (χ4v) is 2.72. The third-order valence-electron chi connectivity index (χ3n) is 3.90. The minimum absolute atomic E-state index is 0.0636. The van der Waals surface area contributed by atoms with Crippen LogP contribution in [-0.2, 0) is 16.1 Å². The van der Waals surface area contributed by atoms with Gasteiger partial charge in [-0.3, -0.25) is 9.59 Å². The molecule has 1 aromatic rings. The van der Waals surface area contributed by atoms with Crippen molar-refractivity contribution in [2.45, 2.75) is 45.6 Å². The van der Waals surface area contributed by atoms with Crippen LogP contribution >= 0.6 is 0 Å². The zero-order valence-electron chi connectivity index (χ0n) is 14.3. The molecule has 2 amide bonds. The molecule has 138 valence electrons. The minimum Gasteiger partial charge on any atom is -0.406 e. The van der Waals surface area contributed by atoms with Gasteiger partial charge in [0.2, 0.25) is 11.8 Å². The van der Waals surface area contributed by atoms with Gasteiger partial charge in [-0.1, -0.05) is 12.1 Å². The van der Waals surface area contributed by atoms with E-state index >= 15 is 0 Å². The number of ether oxygens (including phenoxy) is 1. The molecule has 1 aromatic carbocycles. The number of carbonyl (C=O) groups is 2. The maximum atomic E-state index is 12.2. The molecule has 2 rings (SSSR count). The van der Waals surface area contributed by atoms with Gasteiger partial charge in [-0.25, -0.2) is 0 Å². The highest BCUT2D eigenvalue weighted by Crippen LogP contribution is 2.26. The molecule has 5 nitrogen and oxygen atoms in total. The zero-order valence-corrected chi connectivity index (χ0v) is 14.3. The summed E-state index contributed by atoms with van der Waals surface area (Å²) >= 11 is 0. The molecule has 0 spiro atoms. The van der Waals surface area contributed by atoms with E-state index in [0.717, 1.165) is 0 Å². The topological polar surface area (TPSA) is 58.6 Å². The normalized spacial score (nSPS) is 18.4. The van der Waals surface area contributed by atoms with E-state index in [1.807, 2.05) is 20.8 Å². The highest BCUT2D eigenvalue weighted by atomic mass is 19.4. The molecule has 0 radical (unpaired) electrons. The van der Waals surface area contributed by atoms with Crippen LogP contribution in [0.25, 0.3) is 0 Å². The molecule has 0 unspecified atom stereocenters. The number of nitrogens with one attached hydrogen (secondary N) is 1. The summed E-state index contributed by atoms with van der Waals surface area (Å²) in [6.45, 7) is 6.10. The molecule has 1 aliphatic heterocycles. The predicted octanol–water partition coefficient (Wildman–Crippen LogP) is 2.85. The van der Waals surface area contributed by atoms with Gasteiger partial charge in [0, 0.05) is 25.0 Å². The van der Waals surface area contributed by atoms with Crippen LogP contribution in [0.2, 0.25) is 0 Å².